The molecule has 1 aromatic heterocycles. The Balaban J connectivity index is 0.00000300. The van der Waals surface area contributed by atoms with Crippen molar-refractivity contribution in [3.05, 3.63) is 48.0 Å². The number of aliphatic imine (C=N–C) groups is 1. The van der Waals surface area contributed by atoms with E-state index in [1.165, 1.54) is 12.8 Å². The van der Waals surface area contributed by atoms with Gasteiger partial charge in [-0.1, -0.05) is 18.2 Å². The van der Waals surface area contributed by atoms with Crippen molar-refractivity contribution in [3.63, 3.8) is 0 Å². The van der Waals surface area contributed by atoms with Gasteiger partial charge in [0.05, 0.1) is 13.2 Å². The minimum atomic E-state index is 0. The Hall–Kier alpha value is -1.77. The van der Waals surface area contributed by atoms with Gasteiger partial charge in [-0.05, 0) is 51.5 Å². The first-order valence-electron chi connectivity index (χ1n) is 10.5. The van der Waals surface area contributed by atoms with Gasteiger partial charge in [-0.25, -0.2) is 9.98 Å². The molecule has 0 bridgehead atoms. The lowest BCUT2D eigenvalue weighted by Crippen LogP contribution is -2.37. The van der Waals surface area contributed by atoms with Crippen molar-refractivity contribution in [1.82, 2.24) is 20.2 Å². The van der Waals surface area contributed by atoms with Gasteiger partial charge in [-0.3, -0.25) is 0 Å². The summed E-state index contributed by atoms with van der Waals surface area (Å²) in [6, 6.07) is 8.22. The van der Waals surface area contributed by atoms with Crippen molar-refractivity contribution in [1.29, 1.82) is 0 Å². The molecular formula is C22H34IN5O. The number of ether oxygens (including phenoxy) is 1. The summed E-state index contributed by atoms with van der Waals surface area (Å²) in [4.78, 5) is 9.01. The molecule has 29 heavy (non-hydrogen) atoms. The molecule has 0 amide bonds. The molecule has 6 nitrogen and oxygen atoms in total. The fraction of sp³-hybridized carbons (Fsp3) is 0.545. The lowest BCUT2D eigenvalue weighted by atomic mass is 10.2. The number of aryl methyl sites for hydroxylation is 2. The van der Waals surface area contributed by atoms with Crippen LogP contribution in [0, 0.1) is 12.8 Å². The number of guanidine groups is 1. The van der Waals surface area contributed by atoms with Crippen molar-refractivity contribution < 1.29 is 4.74 Å². The molecule has 2 aromatic rings. The van der Waals surface area contributed by atoms with Gasteiger partial charge >= 0.3 is 0 Å². The molecule has 7 heteroatoms. The van der Waals surface area contributed by atoms with E-state index in [2.05, 4.69) is 33.2 Å². The summed E-state index contributed by atoms with van der Waals surface area (Å²) >= 11 is 0. The molecule has 0 saturated heterocycles. The number of nitrogens with one attached hydrogen (secondary N) is 2. The van der Waals surface area contributed by atoms with Crippen LogP contribution in [-0.4, -0.2) is 35.2 Å². The maximum Gasteiger partial charge on any atom is 0.191 e. The maximum atomic E-state index is 5.99. The molecule has 1 fully saturated rings. The van der Waals surface area contributed by atoms with E-state index >= 15 is 0 Å². The van der Waals surface area contributed by atoms with Crippen molar-refractivity contribution in [2.75, 3.05) is 19.7 Å². The van der Waals surface area contributed by atoms with Crippen LogP contribution in [0.3, 0.4) is 0 Å². The molecule has 160 valence electrons. The molecule has 0 aliphatic heterocycles. The van der Waals surface area contributed by atoms with Crippen LogP contribution in [0.5, 0.6) is 5.75 Å². The van der Waals surface area contributed by atoms with E-state index in [9.17, 15) is 0 Å². The van der Waals surface area contributed by atoms with Gasteiger partial charge in [0, 0.05) is 37.6 Å². The van der Waals surface area contributed by atoms with Crippen LogP contribution >= 0.6 is 24.0 Å². The SMILES string of the molecule is CCNC(=NCc1ccccc1OCC1CC1)NCCCCn1ccnc1C.I. The average Bonchev–Trinajstić information content (AvgIpc) is 3.45. The second kappa shape index (κ2) is 12.7. The highest BCUT2D eigenvalue weighted by Crippen LogP contribution is 2.30. The largest absolute Gasteiger partial charge is 0.493 e. The number of hydrogen-bond donors (Lipinski definition) is 2. The number of aromatic nitrogens is 2. The summed E-state index contributed by atoms with van der Waals surface area (Å²) in [6.07, 6.45) is 8.70. The summed E-state index contributed by atoms with van der Waals surface area (Å²) in [7, 11) is 0. The molecule has 1 aliphatic rings. The number of benzene rings is 1. The number of hydrogen-bond acceptors (Lipinski definition) is 3. The van der Waals surface area contributed by atoms with Gasteiger partial charge in [0.25, 0.3) is 0 Å². The third kappa shape index (κ3) is 8.24. The summed E-state index contributed by atoms with van der Waals surface area (Å²) in [5, 5.41) is 6.77. The molecule has 1 aliphatic carbocycles. The highest BCUT2D eigenvalue weighted by atomic mass is 127. The zero-order valence-corrected chi connectivity index (χ0v) is 19.9. The molecule has 1 saturated carbocycles. The predicted octanol–water partition coefficient (Wildman–Crippen LogP) is 4.13. The van der Waals surface area contributed by atoms with Crippen LogP contribution in [0.15, 0.2) is 41.7 Å². The van der Waals surface area contributed by atoms with Crippen LogP contribution < -0.4 is 15.4 Å². The van der Waals surface area contributed by atoms with Crippen LogP contribution in [0.25, 0.3) is 0 Å². The van der Waals surface area contributed by atoms with E-state index in [0.717, 1.165) is 68.1 Å². The number of imidazole rings is 1. The van der Waals surface area contributed by atoms with Gasteiger partial charge in [0.15, 0.2) is 5.96 Å². The first-order chi connectivity index (χ1) is 13.8. The lowest BCUT2D eigenvalue weighted by molar-refractivity contribution is 0.297. The predicted molar refractivity (Wildman–Crippen MR) is 129 cm³/mol. The smallest absolute Gasteiger partial charge is 0.191 e. The Kier molecular flexibility index (Phi) is 10.3. The van der Waals surface area contributed by atoms with Crippen LogP contribution in [0.1, 0.15) is 44.0 Å². The molecule has 0 unspecified atom stereocenters. The van der Waals surface area contributed by atoms with Gasteiger partial charge in [0.2, 0.25) is 0 Å². The quantitative estimate of drug-likeness (QED) is 0.206. The van der Waals surface area contributed by atoms with E-state index < -0.39 is 0 Å². The Labute approximate surface area is 191 Å². The third-order valence-corrected chi connectivity index (χ3v) is 4.94. The molecular weight excluding hydrogens is 477 g/mol. The zero-order chi connectivity index (χ0) is 19.6. The van der Waals surface area contributed by atoms with Crippen LogP contribution in [-0.2, 0) is 13.1 Å². The van der Waals surface area contributed by atoms with Gasteiger partial charge in [-0.15, -0.1) is 24.0 Å². The Morgan fingerprint density at radius 3 is 2.79 bits per heavy atom. The molecule has 1 heterocycles. The lowest BCUT2D eigenvalue weighted by Gasteiger charge is -2.13. The van der Waals surface area contributed by atoms with E-state index in [-0.39, 0.29) is 24.0 Å². The van der Waals surface area contributed by atoms with Gasteiger partial charge < -0.3 is 19.9 Å². The summed E-state index contributed by atoms with van der Waals surface area (Å²) in [5.41, 5.74) is 1.14. The summed E-state index contributed by atoms with van der Waals surface area (Å²) in [5.74, 6) is 3.65. The average molecular weight is 511 g/mol. The third-order valence-electron chi connectivity index (χ3n) is 4.94. The number of unbranched alkanes of at least 4 members (excludes halogenated alkanes) is 1. The van der Waals surface area contributed by atoms with Crippen molar-refractivity contribution in [2.45, 2.75) is 52.6 Å². The minimum Gasteiger partial charge on any atom is -0.493 e. The number of para-hydroxylation sites is 1. The first kappa shape index (κ1) is 23.5. The molecule has 1 aromatic carbocycles. The molecule has 0 atom stereocenters. The standard InChI is InChI=1S/C22H33N5O.HI/c1-3-23-22(25-12-6-7-14-27-15-13-24-18(27)2)26-16-20-8-4-5-9-21(20)28-17-19-10-11-19;/h4-5,8-9,13,15,19H,3,6-7,10-12,14,16-17H2,1-2H3,(H2,23,25,26);1H. The molecule has 3 rings (SSSR count). The Morgan fingerprint density at radius 1 is 1.24 bits per heavy atom. The van der Waals surface area contributed by atoms with Crippen molar-refractivity contribution >= 4 is 29.9 Å². The maximum absolute atomic E-state index is 5.99. The van der Waals surface area contributed by atoms with Gasteiger partial charge in [0.1, 0.15) is 11.6 Å². The summed E-state index contributed by atoms with van der Waals surface area (Å²) < 4.78 is 8.19. The van der Waals surface area contributed by atoms with E-state index in [4.69, 9.17) is 9.73 Å². The monoisotopic (exact) mass is 511 g/mol. The second-order valence-corrected chi connectivity index (χ2v) is 7.36. The van der Waals surface area contributed by atoms with E-state index in [0.29, 0.717) is 6.54 Å². The van der Waals surface area contributed by atoms with E-state index in [1.807, 2.05) is 37.5 Å². The zero-order valence-electron chi connectivity index (χ0n) is 17.6. The van der Waals surface area contributed by atoms with Crippen molar-refractivity contribution in [3.8, 4) is 5.75 Å². The van der Waals surface area contributed by atoms with E-state index in [1.54, 1.807) is 0 Å². The Bertz CT molecular complexity index is 757. The number of nitrogens with zero attached hydrogens (tertiary/aromatic N) is 3. The van der Waals surface area contributed by atoms with Crippen LogP contribution in [0.2, 0.25) is 0 Å². The topological polar surface area (TPSA) is 63.5 Å². The summed E-state index contributed by atoms with van der Waals surface area (Å²) in [6.45, 7) is 8.33. The highest BCUT2D eigenvalue weighted by molar-refractivity contribution is 14.0. The van der Waals surface area contributed by atoms with Crippen LogP contribution in [0.4, 0.5) is 0 Å². The fourth-order valence-corrected chi connectivity index (χ4v) is 3.03. The number of rotatable bonds is 11. The van der Waals surface area contributed by atoms with Gasteiger partial charge in [-0.2, -0.15) is 0 Å². The minimum absolute atomic E-state index is 0. The fourth-order valence-electron chi connectivity index (χ4n) is 3.03. The normalized spacial score (nSPS) is 13.7. The molecule has 0 spiro atoms. The van der Waals surface area contributed by atoms with Crippen molar-refractivity contribution in [2.24, 2.45) is 10.9 Å². The number of halogens is 1. The first-order valence-corrected chi connectivity index (χ1v) is 10.5. The molecule has 0 radical (unpaired) electrons. The highest BCUT2D eigenvalue weighted by Gasteiger charge is 2.22. The Morgan fingerprint density at radius 2 is 2.07 bits per heavy atom. The second-order valence-electron chi connectivity index (χ2n) is 7.36. The molecule has 2 N–H and O–H groups in total.